The van der Waals surface area contributed by atoms with Gasteiger partial charge in [-0.15, -0.1) is 0 Å². The van der Waals surface area contributed by atoms with Crippen molar-refractivity contribution in [1.29, 1.82) is 0 Å². The molecule has 0 aromatic heterocycles. The molecule has 2 fully saturated rings. The molecular formula is C23H34NO4+. The molecule has 1 aromatic rings. The van der Waals surface area contributed by atoms with Gasteiger partial charge in [0.25, 0.3) is 0 Å². The number of likely N-dealkylation sites (N-methyl/N-ethyl adjacent to an activating group) is 1. The lowest BCUT2D eigenvalue weighted by atomic mass is 9.70. The molecular weight excluding hydrogens is 354 g/mol. The fourth-order valence-corrected chi connectivity index (χ4v) is 5.00. The molecule has 0 radical (unpaired) electrons. The van der Waals surface area contributed by atoms with Crippen LogP contribution in [0.2, 0.25) is 0 Å². The Morgan fingerprint density at radius 1 is 1.11 bits per heavy atom. The first kappa shape index (κ1) is 20.8. The highest BCUT2D eigenvalue weighted by atomic mass is 16.5. The minimum absolute atomic E-state index is 0.0207. The van der Waals surface area contributed by atoms with Crippen LogP contribution in [0, 0.1) is 16.7 Å². The Morgan fingerprint density at radius 3 is 2.36 bits per heavy atom. The fraction of sp³-hybridized carbons (Fsp3) is 0.652. The monoisotopic (exact) mass is 388 g/mol. The van der Waals surface area contributed by atoms with E-state index in [-0.39, 0.29) is 35.4 Å². The summed E-state index contributed by atoms with van der Waals surface area (Å²) in [5.41, 5.74) is 0.311. The average molecular weight is 389 g/mol. The summed E-state index contributed by atoms with van der Waals surface area (Å²) in [5, 5.41) is 0. The van der Waals surface area contributed by atoms with E-state index in [1.54, 1.807) is 12.1 Å². The molecule has 2 saturated carbocycles. The molecule has 5 nitrogen and oxygen atoms in total. The number of para-hydroxylation sites is 1. The molecule has 3 rings (SSSR count). The quantitative estimate of drug-likeness (QED) is 0.405. The molecule has 2 aliphatic rings. The van der Waals surface area contributed by atoms with Crippen LogP contribution in [0.15, 0.2) is 30.3 Å². The summed E-state index contributed by atoms with van der Waals surface area (Å²) < 4.78 is 11.7. The van der Waals surface area contributed by atoms with Crippen LogP contribution < -0.4 is 4.74 Å². The van der Waals surface area contributed by atoms with Crippen molar-refractivity contribution in [2.45, 2.75) is 52.6 Å². The van der Waals surface area contributed by atoms with Crippen molar-refractivity contribution >= 4 is 11.9 Å². The number of benzene rings is 1. The zero-order valence-corrected chi connectivity index (χ0v) is 17.9. The van der Waals surface area contributed by atoms with Gasteiger partial charge in [-0.05, 0) is 42.7 Å². The Bertz CT molecular complexity index is 727. The predicted octanol–water partition coefficient (Wildman–Crippen LogP) is 3.82. The number of fused-ring (bicyclic) bond motifs is 2. The average Bonchev–Trinajstić information content (AvgIpc) is 2.94. The van der Waals surface area contributed by atoms with Gasteiger partial charge >= 0.3 is 11.9 Å². The summed E-state index contributed by atoms with van der Waals surface area (Å²) in [5.74, 6) is 0.735. The third-order valence-corrected chi connectivity index (χ3v) is 7.44. The minimum Gasteiger partial charge on any atom is -0.462 e. The van der Waals surface area contributed by atoms with Gasteiger partial charge < -0.3 is 14.0 Å². The van der Waals surface area contributed by atoms with E-state index in [0.29, 0.717) is 29.1 Å². The van der Waals surface area contributed by atoms with Crippen LogP contribution in [0.4, 0.5) is 0 Å². The summed E-state index contributed by atoms with van der Waals surface area (Å²) >= 11 is 0. The van der Waals surface area contributed by atoms with Gasteiger partial charge in [-0.3, -0.25) is 4.79 Å². The van der Waals surface area contributed by atoms with E-state index in [2.05, 4.69) is 20.8 Å². The van der Waals surface area contributed by atoms with Gasteiger partial charge in [-0.1, -0.05) is 39.0 Å². The van der Waals surface area contributed by atoms with E-state index < -0.39 is 0 Å². The highest BCUT2D eigenvalue weighted by molar-refractivity contribution is 5.73. The van der Waals surface area contributed by atoms with Gasteiger partial charge in [0.15, 0.2) is 6.54 Å². The number of hydrogen-bond acceptors (Lipinski definition) is 4. The van der Waals surface area contributed by atoms with E-state index in [1.807, 2.05) is 32.3 Å². The summed E-state index contributed by atoms with van der Waals surface area (Å²) in [6.45, 7) is 7.66. The molecule has 1 aromatic carbocycles. The van der Waals surface area contributed by atoms with Crippen LogP contribution in [0.5, 0.6) is 5.75 Å². The number of esters is 2. The summed E-state index contributed by atoms with van der Waals surface area (Å²) in [4.78, 5) is 24.7. The topological polar surface area (TPSA) is 52.6 Å². The smallest absolute Gasteiger partial charge is 0.367 e. The highest BCUT2D eigenvalue weighted by Crippen LogP contribution is 2.66. The van der Waals surface area contributed by atoms with Crippen LogP contribution in [0.3, 0.4) is 0 Å². The Labute approximate surface area is 168 Å². The maximum Gasteiger partial charge on any atom is 0.367 e. The molecule has 2 bridgehead atoms. The van der Waals surface area contributed by atoms with E-state index in [0.717, 1.165) is 12.8 Å². The van der Waals surface area contributed by atoms with E-state index in [9.17, 15) is 9.59 Å². The van der Waals surface area contributed by atoms with Gasteiger partial charge in [0.05, 0.1) is 27.1 Å². The van der Waals surface area contributed by atoms with Crippen LogP contribution >= 0.6 is 0 Å². The number of ether oxygens (including phenoxy) is 2. The Balaban J connectivity index is 1.47. The molecule has 154 valence electrons. The fourth-order valence-electron chi connectivity index (χ4n) is 5.00. The van der Waals surface area contributed by atoms with Crippen molar-refractivity contribution in [2.75, 3.05) is 27.2 Å². The lowest BCUT2D eigenvalue weighted by molar-refractivity contribution is -0.882. The highest BCUT2D eigenvalue weighted by Gasteiger charge is 2.62. The first-order valence-electron chi connectivity index (χ1n) is 10.3. The number of hydrogen-bond donors (Lipinski definition) is 0. The minimum atomic E-state index is -0.299. The van der Waals surface area contributed by atoms with Crippen molar-refractivity contribution in [3.8, 4) is 5.75 Å². The van der Waals surface area contributed by atoms with Crippen molar-refractivity contribution in [3.63, 3.8) is 0 Å². The Morgan fingerprint density at radius 2 is 1.79 bits per heavy atom. The second kappa shape index (κ2) is 7.51. The molecule has 0 spiro atoms. The normalized spacial score (nSPS) is 28.2. The maximum atomic E-state index is 12.5. The second-order valence-electron chi connectivity index (χ2n) is 9.94. The zero-order valence-electron chi connectivity index (χ0n) is 17.9. The molecule has 0 unspecified atom stereocenters. The number of nitrogens with zero attached hydrogens (tertiary/aromatic N) is 1. The predicted molar refractivity (Wildman–Crippen MR) is 108 cm³/mol. The molecule has 2 aliphatic carbocycles. The second-order valence-corrected chi connectivity index (χ2v) is 9.94. The Kier molecular flexibility index (Phi) is 5.59. The summed E-state index contributed by atoms with van der Waals surface area (Å²) in [7, 11) is 3.86. The van der Waals surface area contributed by atoms with E-state index >= 15 is 0 Å². The molecule has 0 aliphatic heterocycles. The molecule has 5 heteroatoms. The van der Waals surface area contributed by atoms with Gasteiger partial charge in [-0.2, -0.15) is 0 Å². The van der Waals surface area contributed by atoms with Gasteiger partial charge in [0.1, 0.15) is 11.9 Å². The van der Waals surface area contributed by atoms with E-state index in [1.165, 1.54) is 6.42 Å². The maximum absolute atomic E-state index is 12.5. The third-order valence-electron chi connectivity index (χ3n) is 7.44. The first-order valence-corrected chi connectivity index (χ1v) is 10.3. The van der Waals surface area contributed by atoms with Gasteiger partial charge in [-0.25, -0.2) is 4.79 Å². The van der Waals surface area contributed by atoms with Crippen LogP contribution in [-0.4, -0.2) is 49.7 Å². The van der Waals surface area contributed by atoms with Crippen molar-refractivity contribution in [2.24, 2.45) is 16.7 Å². The SMILES string of the molecule is CC1(C)[C@@H]2CC[C@@]1(C)[C@H](OC(=O)CC[N+](C)(C)CC(=O)Oc1ccccc1)C2. The number of carbonyl (C=O) groups excluding carboxylic acids is 2. The Hall–Kier alpha value is -1.88. The molecule has 0 heterocycles. The number of carbonyl (C=O) groups is 2. The number of rotatable bonds is 7. The lowest BCUT2D eigenvalue weighted by Crippen LogP contribution is -2.46. The zero-order chi connectivity index (χ0) is 20.6. The third kappa shape index (κ3) is 4.09. The molecule has 0 N–H and O–H groups in total. The summed E-state index contributed by atoms with van der Waals surface area (Å²) in [6.07, 6.45) is 3.69. The molecule has 28 heavy (non-hydrogen) atoms. The largest absolute Gasteiger partial charge is 0.462 e. The van der Waals surface area contributed by atoms with E-state index in [4.69, 9.17) is 9.47 Å². The van der Waals surface area contributed by atoms with Crippen molar-refractivity contribution in [1.82, 2.24) is 0 Å². The molecule has 3 atom stereocenters. The van der Waals surface area contributed by atoms with Crippen molar-refractivity contribution in [3.05, 3.63) is 30.3 Å². The van der Waals surface area contributed by atoms with Crippen LogP contribution in [0.25, 0.3) is 0 Å². The van der Waals surface area contributed by atoms with Crippen molar-refractivity contribution < 1.29 is 23.5 Å². The molecule has 0 amide bonds. The summed E-state index contributed by atoms with van der Waals surface area (Å²) in [6, 6.07) is 9.05. The van der Waals surface area contributed by atoms with Crippen LogP contribution in [0.1, 0.15) is 46.5 Å². The van der Waals surface area contributed by atoms with Crippen LogP contribution in [-0.2, 0) is 14.3 Å². The molecule has 0 saturated heterocycles. The first-order chi connectivity index (χ1) is 13.0. The number of quaternary nitrogens is 1. The standard InChI is InChI=1S/C23H34NO4/c1-22(2)17-11-13-23(22,3)19(15-17)28-20(25)12-14-24(4,5)16-21(26)27-18-9-7-6-8-10-18/h6-10,17,19H,11-16H2,1-5H3/q+1/t17-,19-,23+/m1/s1. The lowest BCUT2D eigenvalue weighted by Gasteiger charge is -2.38. The van der Waals surface area contributed by atoms with Gasteiger partial charge in [0, 0.05) is 5.41 Å². The van der Waals surface area contributed by atoms with Gasteiger partial charge in [0.2, 0.25) is 0 Å².